The van der Waals surface area contributed by atoms with Crippen LogP contribution in [0.15, 0.2) is 36.4 Å². The van der Waals surface area contributed by atoms with Crippen LogP contribution in [-0.4, -0.2) is 6.04 Å². The summed E-state index contributed by atoms with van der Waals surface area (Å²) in [6.07, 6.45) is 2.56. The predicted molar refractivity (Wildman–Crippen MR) is 87.3 cm³/mol. The summed E-state index contributed by atoms with van der Waals surface area (Å²) in [5, 5.41) is 4.22. The quantitative estimate of drug-likeness (QED) is 0.839. The number of hydrogen-bond acceptors (Lipinski definition) is 2. The summed E-state index contributed by atoms with van der Waals surface area (Å²) in [5.41, 5.74) is 3.52. The summed E-state index contributed by atoms with van der Waals surface area (Å²) >= 11 is 6.12. The zero-order chi connectivity index (χ0) is 14.8. The molecule has 0 spiro atoms. The van der Waals surface area contributed by atoms with Gasteiger partial charge in [0, 0.05) is 23.2 Å². The van der Waals surface area contributed by atoms with E-state index in [1.807, 2.05) is 24.3 Å². The predicted octanol–water partition coefficient (Wildman–Crippen LogP) is 5.00. The largest absolute Gasteiger partial charge is 0.457 e. The Hall–Kier alpha value is -1.51. The molecular weight excluding hydrogens is 282 g/mol. The lowest BCUT2D eigenvalue weighted by Crippen LogP contribution is -2.15. The molecule has 0 atom stereocenters. The van der Waals surface area contributed by atoms with Gasteiger partial charge in [-0.05, 0) is 50.5 Å². The van der Waals surface area contributed by atoms with Crippen molar-refractivity contribution in [3.63, 3.8) is 0 Å². The summed E-state index contributed by atoms with van der Waals surface area (Å²) in [6, 6.07) is 12.7. The van der Waals surface area contributed by atoms with E-state index < -0.39 is 0 Å². The molecule has 0 aromatic heterocycles. The van der Waals surface area contributed by atoms with Crippen LogP contribution < -0.4 is 10.1 Å². The molecule has 3 rings (SSSR count). The number of benzene rings is 2. The molecule has 0 aliphatic heterocycles. The second-order valence-corrected chi connectivity index (χ2v) is 6.21. The van der Waals surface area contributed by atoms with Crippen molar-refractivity contribution in [3.8, 4) is 11.5 Å². The minimum absolute atomic E-state index is 0.676. The Morgan fingerprint density at radius 2 is 1.90 bits per heavy atom. The molecule has 0 radical (unpaired) electrons. The smallest absolute Gasteiger partial charge is 0.133 e. The first-order chi connectivity index (χ1) is 10.1. The number of nitrogens with one attached hydrogen (secondary N) is 1. The average molecular weight is 302 g/mol. The minimum Gasteiger partial charge on any atom is -0.457 e. The van der Waals surface area contributed by atoms with Crippen LogP contribution in [0.1, 0.15) is 29.5 Å². The number of halogens is 1. The van der Waals surface area contributed by atoms with Gasteiger partial charge in [0.15, 0.2) is 0 Å². The Morgan fingerprint density at radius 1 is 1.10 bits per heavy atom. The lowest BCUT2D eigenvalue weighted by Gasteiger charge is -2.14. The molecular formula is C18H20ClNO. The van der Waals surface area contributed by atoms with E-state index in [9.17, 15) is 0 Å². The fourth-order valence-electron chi connectivity index (χ4n) is 2.34. The number of hydrogen-bond donors (Lipinski definition) is 1. The van der Waals surface area contributed by atoms with E-state index in [1.165, 1.54) is 18.4 Å². The Balaban J connectivity index is 1.83. The van der Waals surface area contributed by atoms with Crippen LogP contribution in [-0.2, 0) is 6.54 Å². The lowest BCUT2D eigenvalue weighted by molar-refractivity contribution is 0.469. The van der Waals surface area contributed by atoms with Gasteiger partial charge >= 0.3 is 0 Å². The van der Waals surface area contributed by atoms with Crippen molar-refractivity contribution in [3.05, 3.63) is 58.1 Å². The van der Waals surface area contributed by atoms with Crippen LogP contribution in [0.3, 0.4) is 0 Å². The standard InChI is InChI=1S/C18H20ClNO/c1-12-3-8-17(13(2)9-12)21-18-10-15(19)5-4-14(18)11-20-16-6-7-16/h3-5,8-10,16,20H,6-7,11H2,1-2H3. The molecule has 0 amide bonds. The number of ether oxygens (including phenoxy) is 1. The highest BCUT2D eigenvalue weighted by Gasteiger charge is 2.20. The summed E-state index contributed by atoms with van der Waals surface area (Å²) < 4.78 is 6.10. The first-order valence-corrected chi connectivity index (χ1v) is 7.76. The van der Waals surface area contributed by atoms with Crippen LogP contribution in [0.4, 0.5) is 0 Å². The molecule has 21 heavy (non-hydrogen) atoms. The maximum atomic E-state index is 6.12. The van der Waals surface area contributed by atoms with Gasteiger partial charge in [-0.15, -0.1) is 0 Å². The molecule has 0 unspecified atom stereocenters. The van der Waals surface area contributed by atoms with E-state index >= 15 is 0 Å². The molecule has 3 heteroatoms. The molecule has 0 saturated heterocycles. The van der Waals surface area contributed by atoms with Gasteiger partial charge in [0.25, 0.3) is 0 Å². The van der Waals surface area contributed by atoms with Gasteiger partial charge in [-0.25, -0.2) is 0 Å². The van der Waals surface area contributed by atoms with E-state index in [0.29, 0.717) is 11.1 Å². The zero-order valence-electron chi connectivity index (χ0n) is 12.4. The fraction of sp³-hybridized carbons (Fsp3) is 0.333. The third-order valence-corrected chi connectivity index (χ3v) is 3.97. The monoisotopic (exact) mass is 301 g/mol. The molecule has 1 N–H and O–H groups in total. The minimum atomic E-state index is 0.676. The van der Waals surface area contributed by atoms with Crippen molar-refractivity contribution in [1.82, 2.24) is 5.32 Å². The molecule has 1 fully saturated rings. The maximum absolute atomic E-state index is 6.12. The van der Waals surface area contributed by atoms with Crippen molar-refractivity contribution in [2.24, 2.45) is 0 Å². The summed E-state index contributed by atoms with van der Waals surface area (Å²) in [6.45, 7) is 4.97. The lowest BCUT2D eigenvalue weighted by atomic mass is 10.1. The molecule has 0 heterocycles. The SMILES string of the molecule is Cc1ccc(Oc2cc(Cl)ccc2CNC2CC2)c(C)c1. The molecule has 1 aliphatic carbocycles. The fourth-order valence-corrected chi connectivity index (χ4v) is 2.51. The Labute approximate surface area is 131 Å². The highest BCUT2D eigenvalue weighted by molar-refractivity contribution is 6.30. The average Bonchev–Trinajstić information content (AvgIpc) is 3.25. The number of rotatable bonds is 5. The van der Waals surface area contributed by atoms with Crippen molar-refractivity contribution in [2.75, 3.05) is 0 Å². The van der Waals surface area contributed by atoms with Gasteiger partial charge in [-0.1, -0.05) is 35.4 Å². The number of aryl methyl sites for hydroxylation is 2. The van der Waals surface area contributed by atoms with Gasteiger partial charge in [-0.3, -0.25) is 0 Å². The third-order valence-electron chi connectivity index (χ3n) is 3.74. The van der Waals surface area contributed by atoms with Crippen molar-refractivity contribution >= 4 is 11.6 Å². The second kappa shape index (κ2) is 6.08. The summed E-state index contributed by atoms with van der Waals surface area (Å²) in [7, 11) is 0. The van der Waals surface area contributed by atoms with Gasteiger partial charge in [0.2, 0.25) is 0 Å². The van der Waals surface area contributed by atoms with E-state index in [1.54, 1.807) is 0 Å². The van der Waals surface area contributed by atoms with E-state index in [-0.39, 0.29) is 0 Å². The molecule has 110 valence electrons. The summed E-state index contributed by atoms with van der Waals surface area (Å²) in [5.74, 6) is 1.72. The van der Waals surface area contributed by atoms with E-state index in [2.05, 4.69) is 31.3 Å². The van der Waals surface area contributed by atoms with Crippen LogP contribution >= 0.6 is 11.6 Å². The normalized spacial score (nSPS) is 14.2. The van der Waals surface area contributed by atoms with Crippen molar-refractivity contribution in [1.29, 1.82) is 0 Å². The van der Waals surface area contributed by atoms with Gasteiger partial charge in [0.1, 0.15) is 11.5 Å². The van der Waals surface area contributed by atoms with Gasteiger partial charge < -0.3 is 10.1 Å². The molecule has 1 saturated carbocycles. The summed E-state index contributed by atoms with van der Waals surface area (Å²) in [4.78, 5) is 0. The maximum Gasteiger partial charge on any atom is 0.133 e. The van der Waals surface area contributed by atoms with Crippen LogP contribution in [0.25, 0.3) is 0 Å². The Morgan fingerprint density at radius 3 is 2.62 bits per heavy atom. The van der Waals surface area contributed by atoms with Gasteiger partial charge in [0.05, 0.1) is 0 Å². The second-order valence-electron chi connectivity index (χ2n) is 5.78. The molecule has 2 aromatic rings. The highest BCUT2D eigenvalue weighted by Crippen LogP contribution is 2.31. The van der Waals surface area contributed by atoms with Crippen LogP contribution in [0.2, 0.25) is 5.02 Å². The first kappa shape index (κ1) is 14.4. The first-order valence-electron chi connectivity index (χ1n) is 7.39. The van der Waals surface area contributed by atoms with Crippen molar-refractivity contribution < 1.29 is 4.74 Å². The topological polar surface area (TPSA) is 21.3 Å². The molecule has 0 bridgehead atoms. The molecule has 2 aromatic carbocycles. The Kier molecular flexibility index (Phi) is 4.18. The third kappa shape index (κ3) is 3.78. The van der Waals surface area contributed by atoms with E-state index in [0.717, 1.165) is 29.2 Å². The Bertz CT molecular complexity index is 650. The zero-order valence-corrected chi connectivity index (χ0v) is 13.2. The van der Waals surface area contributed by atoms with Crippen molar-refractivity contribution in [2.45, 2.75) is 39.3 Å². The molecule has 2 nitrogen and oxygen atoms in total. The molecule has 1 aliphatic rings. The van der Waals surface area contributed by atoms with Crippen LogP contribution in [0.5, 0.6) is 11.5 Å². The van der Waals surface area contributed by atoms with Crippen LogP contribution in [0, 0.1) is 13.8 Å². The van der Waals surface area contributed by atoms with Gasteiger partial charge in [-0.2, -0.15) is 0 Å². The highest BCUT2D eigenvalue weighted by atomic mass is 35.5. The van der Waals surface area contributed by atoms with E-state index in [4.69, 9.17) is 16.3 Å².